The number of amides is 1. The van der Waals surface area contributed by atoms with Crippen LogP contribution in [0.1, 0.15) is 39.0 Å². The molecule has 0 unspecified atom stereocenters. The van der Waals surface area contributed by atoms with Gasteiger partial charge in [-0.1, -0.05) is 0 Å². The molecule has 8 nitrogen and oxygen atoms in total. The second kappa shape index (κ2) is 7.84. The van der Waals surface area contributed by atoms with Gasteiger partial charge in [0.15, 0.2) is 0 Å². The summed E-state index contributed by atoms with van der Waals surface area (Å²) in [5.74, 6) is 0.506. The molecule has 2 atom stereocenters. The monoisotopic (exact) mass is 370 g/mol. The van der Waals surface area contributed by atoms with Crippen molar-refractivity contribution in [3.63, 3.8) is 0 Å². The Morgan fingerprint density at radius 3 is 2.92 bits per heavy atom. The van der Waals surface area contributed by atoms with Gasteiger partial charge in [-0.25, -0.2) is 17.8 Å². The molecule has 3 heterocycles. The summed E-state index contributed by atoms with van der Waals surface area (Å²) in [5, 5.41) is 4.19. The Balaban J connectivity index is 1.62. The molecular formula is C16H26N4O4S. The maximum atomic E-state index is 12.8. The number of carbonyl (C=O) groups is 1. The molecule has 0 radical (unpaired) electrons. The molecule has 3 rings (SSSR count). The largest absolute Gasteiger partial charge is 0.378 e. The summed E-state index contributed by atoms with van der Waals surface area (Å²) < 4.78 is 34.5. The van der Waals surface area contributed by atoms with Crippen LogP contribution >= 0.6 is 0 Å². The number of rotatable bonds is 7. The van der Waals surface area contributed by atoms with Crippen LogP contribution in [0.5, 0.6) is 0 Å². The van der Waals surface area contributed by atoms with Crippen LogP contribution in [-0.4, -0.2) is 55.2 Å². The number of carbonyl (C=O) groups excluding carboxylic acids is 1. The summed E-state index contributed by atoms with van der Waals surface area (Å²) in [4.78, 5) is 14.4. The van der Waals surface area contributed by atoms with E-state index >= 15 is 0 Å². The van der Waals surface area contributed by atoms with Gasteiger partial charge in [-0.15, -0.1) is 0 Å². The normalized spacial score (nSPS) is 24.8. The zero-order chi connectivity index (χ0) is 17.9. The molecule has 25 heavy (non-hydrogen) atoms. The van der Waals surface area contributed by atoms with Crippen LogP contribution in [0.2, 0.25) is 0 Å². The Kier molecular flexibility index (Phi) is 5.75. The van der Waals surface area contributed by atoms with Crippen molar-refractivity contribution in [1.82, 2.24) is 14.5 Å². The van der Waals surface area contributed by atoms with E-state index in [4.69, 9.17) is 4.74 Å². The molecule has 0 aromatic carbocycles. The van der Waals surface area contributed by atoms with Crippen LogP contribution < -0.4 is 9.62 Å². The Hall–Kier alpha value is -1.45. The summed E-state index contributed by atoms with van der Waals surface area (Å²) in [6.07, 6.45) is 5.32. The lowest BCUT2D eigenvalue weighted by atomic mass is 10.1. The second-order valence-electron chi connectivity index (χ2n) is 6.55. The summed E-state index contributed by atoms with van der Waals surface area (Å²) in [7, 11) is -3.51. The van der Waals surface area contributed by atoms with Gasteiger partial charge in [-0.2, -0.15) is 5.10 Å². The zero-order valence-electron chi connectivity index (χ0n) is 14.6. The number of piperidine rings is 1. The van der Waals surface area contributed by atoms with Crippen LogP contribution in [0.4, 0.5) is 5.82 Å². The molecule has 2 fully saturated rings. The number of hydrogen-bond acceptors (Lipinski definition) is 5. The molecule has 0 bridgehead atoms. The molecule has 1 N–H and O–H groups in total. The predicted octanol–water partition coefficient (Wildman–Crippen LogP) is 0.887. The molecular weight excluding hydrogens is 344 g/mol. The highest BCUT2D eigenvalue weighted by molar-refractivity contribution is 7.89. The highest BCUT2D eigenvalue weighted by Gasteiger charge is 2.34. The molecule has 1 aromatic heterocycles. The van der Waals surface area contributed by atoms with Gasteiger partial charge < -0.3 is 4.74 Å². The first kappa shape index (κ1) is 18.3. The van der Waals surface area contributed by atoms with Gasteiger partial charge >= 0.3 is 0 Å². The average molecular weight is 370 g/mol. The van der Waals surface area contributed by atoms with Crippen molar-refractivity contribution in [3.05, 3.63) is 12.3 Å². The Morgan fingerprint density at radius 2 is 2.20 bits per heavy atom. The third-order valence-electron chi connectivity index (χ3n) is 4.76. The van der Waals surface area contributed by atoms with Gasteiger partial charge in [0, 0.05) is 25.8 Å². The zero-order valence-corrected chi connectivity index (χ0v) is 15.4. The first-order chi connectivity index (χ1) is 12.0. The van der Waals surface area contributed by atoms with E-state index in [2.05, 4.69) is 9.82 Å². The minimum absolute atomic E-state index is 0.00562. The smallest absolute Gasteiger partial charge is 0.246 e. The maximum Gasteiger partial charge on any atom is 0.246 e. The molecule has 0 spiro atoms. The van der Waals surface area contributed by atoms with Crippen LogP contribution in [0.3, 0.4) is 0 Å². The van der Waals surface area contributed by atoms with Gasteiger partial charge in [-0.3, -0.25) is 9.69 Å². The van der Waals surface area contributed by atoms with E-state index in [0.29, 0.717) is 32.5 Å². The number of aromatic nitrogens is 2. The third-order valence-corrected chi connectivity index (χ3v) is 6.18. The summed E-state index contributed by atoms with van der Waals surface area (Å²) >= 11 is 0. The maximum absolute atomic E-state index is 12.8. The summed E-state index contributed by atoms with van der Waals surface area (Å²) in [6, 6.07) is 1.08. The first-order valence-electron chi connectivity index (χ1n) is 8.95. The number of nitrogens with zero attached hydrogens (tertiary/aromatic N) is 3. The Bertz CT molecular complexity index is 697. The second-order valence-corrected chi connectivity index (χ2v) is 8.42. The topological polar surface area (TPSA) is 93.5 Å². The van der Waals surface area contributed by atoms with E-state index in [1.165, 1.54) is 0 Å². The molecule has 9 heteroatoms. The molecule has 1 aromatic rings. The van der Waals surface area contributed by atoms with Crippen LogP contribution in [0.15, 0.2) is 12.3 Å². The minimum atomic E-state index is -3.51. The van der Waals surface area contributed by atoms with E-state index in [-0.39, 0.29) is 17.8 Å². The van der Waals surface area contributed by atoms with E-state index in [1.54, 1.807) is 21.8 Å². The number of sulfonamides is 1. The van der Waals surface area contributed by atoms with Crippen molar-refractivity contribution in [1.29, 1.82) is 0 Å². The molecule has 0 saturated carbocycles. The fourth-order valence-electron chi connectivity index (χ4n) is 3.44. The molecule has 2 aliphatic heterocycles. The van der Waals surface area contributed by atoms with E-state index in [9.17, 15) is 13.2 Å². The van der Waals surface area contributed by atoms with Crippen molar-refractivity contribution in [3.8, 4) is 0 Å². The predicted molar refractivity (Wildman–Crippen MR) is 93.8 cm³/mol. The van der Waals surface area contributed by atoms with Crippen LogP contribution in [-0.2, 0) is 26.1 Å². The van der Waals surface area contributed by atoms with Crippen molar-refractivity contribution in [2.24, 2.45) is 0 Å². The molecule has 140 valence electrons. The number of nitrogens with one attached hydrogen (secondary N) is 1. The lowest BCUT2D eigenvalue weighted by Crippen LogP contribution is -2.53. The van der Waals surface area contributed by atoms with E-state index in [0.717, 1.165) is 25.1 Å². The number of hydrogen-bond donors (Lipinski definition) is 1. The van der Waals surface area contributed by atoms with Crippen molar-refractivity contribution >= 4 is 21.7 Å². The molecule has 2 aliphatic rings. The molecule has 1 amide bonds. The lowest BCUT2D eigenvalue weighted by molar-refractivity contribution is -0.121. The standard InChI is InChI=1S/C16H26N4O4S/c1-2-20-15(7-9-17-20)19-10-3-6-14(16(19)21)18-25(22,23)12-8-13-5-4-11-24-13/h7,9,13-14,18H,2-6,8,10-12H2,1H3/t13-,14-/m1/s1. The lowest BCUT2D eigenvalue weighted by Gasteiger charge is -2.32. The van der Waals surface area contributed by atoms with E-state index in [1.807, 2.05) is 6.92 Å². The van der Waals surface area contributed by atoms with Gasteiger partial charge in [0.1, 0.15) is 11.9 Å². The van der Waals surface area contributed by atoms with Crippen molar-refractivity contribution in [2.75, 3.05) is 23.8 Å². The van der Waals surface area contributed by atoms with Crippen LogP contribution in [0.25, 0.3) is 0 Å². The fourth-order valence-corrected chi connectivity index (χ4v) is 4.79. The highest BCUT2D eigenvalue weighted by Crippen LogP contribution is 2.22. The Morgan fingerprint density at radius 1 is 1.36 bits per heavy atom. The summed E-state index contributed by atoms with van der Waals surface area (Å²) in [6.45, 7) is 3.90. The first-order valence-corrected chi connectivity index (χ1v) is 10.6. The van der Waals surface area contributed by atoms with Crippen molar-refractivity contribution < 1.29 is 17.9 Å². The number of ether oxygens (including phenoxy) is 1. The van der Waals surface area contributed by atoms with Gasteiger partial charge in [-0.05, 0) is 39.0 Å². The molecule has 0 aliphatic carbocycles. The number of aryl methyl sites for hydroxylation is 1. The minimum Gasteiger partial charge on any atom is -0.378 e. The van der Waals surface area contributed by atoms with Crippen molar-refractivity contribution in [2.45, 2.75) is 57.7 Å². The van der Waals surface area contributed by atoms with E-state index < -0.39 is 16.1 Å². The third kappa shape index (κ3) is 4.39. The summed E-state index contributed by atoms with van der Waals surface area (Å²) in [5.41, 5.74) is 0. The average Bonchev–Trinajstić information content (AvgIpc) is 3.26. The quantitative estimate of drug-likeness (QED) is 0.769. The SMILES string of the molecule is CCn1nccc1N1CCC[C@@H](NS(=O)(=O)CC[C@H]2CCCO2)C1=O. The van der Waals surface area contributed by atoms with Gasteiger partial charge in [0.05, 0.1) is 18.1 Å². The van der Waals surface area contributed by atoms with Gasteiger partial charge in [0.25, 0.3) is 0 Å². The fraction of sp³-hybridized carbons (Fsp3) is 0.750. The van der Waals surface area contributed by atoms with Gasteiger partial charge in [0.2, 0.25) is 15.9 Å². The Labute approximate surface area is 148 Å². The van der Waals surface area contributed by atoms with Crippen LogP contribution in [0, 0.1) is 0 Å². The molecule has 2 saturated heterocycles. The number of anilines is 1. The highest BCUT2D eigenvalue weighted by atomic mass is 32.2.